The van der Waals surface area contributed by atoms with Gasteiger partial charge in [0.2, 0.25) is 70.9 Å². The van der Waals surface area contributed by atoms with Crippen LogP contribution in [0.15, 0.2) is 0 Å². The highest BCUT2D eigenvalue weighted by molar-refractivity contribution is 6.00. The Balaban J connectivity index is 1.30. The highest BCUT2D eigenvalue weighted by Crippen LogP contribution is 2.45. The predicted octanol–water partition coefficient (Wildman–Crippen LogP) is 6.19. The summed E-state index contributed by atoms with van der Waals surface area (Å²) in [6, 6.07) is -11.1. The summed E-state index contributed by atoms with van der Waals surface area (Å²) >= 11 is 0. The van der Waals surface area contributed by atoms with Crippen molar-refractivity contribution >= 4 is 70.9 Å². The van der Waals surface area contributed by atoms with Crippen molar-refractivity contribution in [2.75, 3.05) is 94.8 Å². The average Bonchev–Trinajstić information content (AvgIpc) is 1.74. The summed E-state index contributed by atoms with van der Waals surface area (Å²) in [7, 11) is 8.04. The van der Waals surface area contributed by atoms with Crippen LogP contribution in [0.3, 0.4) is 0 Å². The fraction of sp³-hybridized carbons (Fsp3) is 0.838. The van der Waals surface area contributed by atoms with E-state index in [-0.39, 0.29) is 110 Å². The van der Waals surface area contributed by atoms with E-state index in [0.717, 1.165) is 24.5 Å². The molecule has 4 saturated heterocycles. The van der Waals surface area contributed by atoms with E-state index in [4.69, 9.17) is 4.74 Å². The van der Waals surface area contributed by atoms with Crippen LogP contribution < -0.4 is 16.0 Å². The third-order valence-corrected chi connectivity index (χ3v) is 23.7. The van der Waals surface area contributed by atoms with Gasteiger partial charge in [0.25, 0.3) is 0 Å². The van der Waals surface area contributed by atoms with Gasteiger partial charge in [-0.1, -0.05) is 59.8 Å². The number of nitrogens with one attached hydrogen (secondary N) is 3. The zero-order valence-corrected chi connectivity index (χ0v) is 64.4. The first-order valence-corrected chi connectivity index (χ1v) is 38.5. The van der Waals surface area contributed by atoms with Crippen LogP contribution in [0.1, 0.15) is 183 Å². The van der Waals surface area contributed by atoms with E-state index in [2.05, 4.69) is 16.0 Å². The molecule has 107 heavy (non-hydrogen) atoms. The number of carbonyl (C=O) groups is 12. The van der Waals surface area contributed by atoms with Crippen LogP contribution in [0.2, 0.25) is 0 Å². The van der Waals surface area contributed by atoms with Gasteiger partial charge in [-0.25, -0.2) is 8.78 Å². The van der Waals surface area contributed by atoms with Gasteiger partial charge in [-0.3, -0.25) is 57.5 Å². The van der Waals surface area contributed by atoms with Gasteiger partial charge >= 0.3 is 12.4 Å². The molecule has 11 atom stereocenters. The molecule has 0 aromatic rings. The SMILES string of the molecule is CC[C@H](C)[C@@H]1NC(=O)[C@H](CC(C)C)N(C)C(=O)C[C@@H](C(=O)N2CCOCC2)N(C)C(=O)[C@H](C2CCCC2)N(C)C(=O)C(C)(C)NC(=O)[C@@H]2CCCN2C(=O)[C@H](CCC2CC(F)C(C(F)(F)F)C(F)C2)NC(=O)CN(C)C(=O)[C@H](CC2CCC(C(F)(F)F)CC2)N2CCCCC[C@@H](C2=O)N(C)C(=O)CN(C)C1=O. The van der Waals surface area contributed by atoms with E-state index < -0.39 is 224 Å². The molecular formula is C74H116F8N12O13. The van der Waals surface area contributed by atoms with Crippen LogP contribution in [-0.4, -0.2) is 288 Å². The van der Waals surface area contributed by atoms with E-state index >= 15 is 37.5 Å². The first kappa shape index (κ1) is 87.3. The van der Waals surface area contributed by atoms with Crippen molar-refractivity contribution in [3.05, 3.63) is 0 Å². The van der Waals surface area contributed by atoms with Gasteiger partial charge in [0.05, 0.1) is 38.6 Å². The van der Waals surface area contributed by atoms with Gasteiger partial charge in [0, 0.05) is 68.5 Å². The number of hydrogen-bond acceptors (Lipinski definition) is 13. The second-order valence-corrected chi connectivity index (χ2v) is 32.3. The molecule has 0 radical (unpaired) electrons. The minimum Gasteiger partial charge on any atom is -0.378 e. The molecule has 7 fully saturated rings. The van der Waals surface area contributed by atoms with E-state index in [0.29, 0.717) is 51.4 Å². The van der Waals surface area contributed by atoms with Crippen LogP contribution in [0.5, 0.6) is 0 Å². The van der Waals surface area contributed by atoms with E-state index in [1.54, 1.807) is 13.8 Å². The standard InChI is InChI=1S/C74H116F8N12O13/c1-13-44(4)61-69(104)87(8)42-59(97)88(9)53-22-15-14-18-30-94(68(53)103)56(39-45-24-27-48(28-25-45)73(77,78)79)66(101)86(7)41-57(95)83-51(29-26-46-37-49(75)60(50(76)38-46)74(80,81)82)65(100)93-31-19-23-52(93)64(99)85-72(5,6)71(106)91(12)62(47-20-16-17-21-47)70(105)90(11)55(67(102)92-32-34-107-35-33-92)40-58(96)89(10)54(36-43(2)3)63(98)84-61/h43-56,60-62H,13-42H2,1-12H3,(H,83,95)(H,84,98)(H,85,99)/t44-,45?,46?,48?,49?,50?,51-,52-,53-,54-,55-,56-,60?,61-,62-/m0/s1. The quantitative estimate of drug-likeness (QED) is 0.195. The summed E-state index contributed by atoms with van der Waals surface area (Å²) in [6.45, 7) is 8.76. The van der Waals surface area contributed by atoms with E-state index in [1.807, 2.05) is 13.8 Å². The lowest BCUT2D eigenvalue weighted by Crippen LogP contribution is -2.64. The van der Waals surface area contributed by atoms with Gasteiger partial charge in [0.15, 0.2) is 0 Å². The molecule has 2 unspecified atom stereocenters. The molecule has 3 saturated carbocycles. The van der Waals surface area contributed by atoms with E-state index in [9.17, 15) is 55.1 Å². The molecule has 12 amide bonds. The molecule has 7 aliphatic rings. The minimum atomic E-state index is -5.20. The molecule has 3 N–H and O–H groups in total. The molecule has 33 heteroatoms. The number of amides is 12. The number of ether oxygens (including phenoxy) is 1. The zero-order valence-electron chi connectivity index (χ0n) is 64.4. The lowest BCUT2D eigenvalue weighted by molar-refractivity contribution is -0.219. The van der Waals surface area contributed by atoms with E-state index in [1.165, 1.54) is 75.7 Å². The zero-order chi connectivity index (χ0) is 79.5. The Hall–Kier alpha value is -6.96. The van der Waals surface area contributed by atoms with Gasteiger partial charge in [-0.15, -0.1) is 0 Å². The fourth-order valence-corrected chi connectivity index (χ4v) is 17.0. The van der Waals surface area contributed by atoms with Crippen LogP contribution in [0.4, 0.5) is 35.1 Å². The Labute approximate surface area is 623 Å². The second kappa shape index (κ2) is 37.6. The summed E-state index contributed by atoms with van der Waals surface area (Å²) in [5.41, 5.74) is -1.87. The van der Waals surface area contributed by atoms with Crippen molar-refractivity contribution in [2.45, 2.75) is 261 Å². The summed E-state index contributed by atoms with van der Waals surface area (Å²) < 4.78 is 120. The first-order valence-electron chi connectivity index (χ1n) is 38.5. The van der Waals surface area contributed by atoms with Crippen LogP contribution in [0.25, 0.3) is 0 Å². The van der Waals surface area contributed by atoms with Crippen molar-refractivity contribution in [1.82, 2.24) is 60.0 Å². The number of carbonyl (C=O) groups excluding carboxylic acids is 12. The molecule has 0 spiro atoms. The van der Waals surface area contributed by atoms with Crippen molar-refractivity contribution < 1.29 is 97.4 Å². The largest absolute Gasteiger partial charge is 0.397 e. The highest BCUT2D eigenvalue weighted by atomic mass is 19.4. The van der Waals surface area contributed by atoms with Gasteiger partial charge in [-0.05, 0) is 146 Å². The maximum atomic E-state index is 15.6. The monoisotopic (exact) mass is 1530 g/mol. The summed E-state index contributed by atoms with van der Waals surface area (Å²) in [5.74, 6) is -16.8. The Morgan fingerprint density at radius 1 is 0.570 bits per heavy atom. The second-order valence-electron chi connectivity index (χ2n) is 32.3. The van der Waals surface area contributed by atoms with Gasteiger partial charge in [-0.2, -0.15) is 26.3 Å². The minimum absolute atomic E-state index is 0.00201. The number of alkyl halides is 8. The molecule has 606 valence electrons. The van der Waals surface area contributed by atoms with Crippen molar-refractivity contribution in [3.8, 4) is 0 Å². The third kappa shape index (κ3) is 22.0. The van der Waals surface area contributed by atoms with Crippen molar-refractivity contribution in [2.24, 2.45) is 41.4 Å². The molecule has 4 aliphatic heterocycles. The maximum absolute atomic E-state index is 15.6. The number of hydrogen-bond donors (Lipinski definition) is 3. The smallest absolute Gasteiger partial charge is 0.378 e. The summed E-state index contributed by atoms with van der Waals surface area (Å²) in [4.78, 5) is 191. The first-order chi connectivity index (χ1) is 50.1. The normalized spacial score (nSPS) is 31.7. The molecule has 0 aromatic carbocycles. The van der Waals surface area contributed by atoms with Crippen molar-refractivity contribution in [1.29, 1.82) is 0 Å². The Bertz CT molecular complexity index is 3140. The van der Waals surface area contributed by atoms with Crippen LogP contribution >= 0.6 is 0 Å². The Kier molecular flexibility index (Phi) is 30.7. The van der Waals surface area contributed by atoms with Crippen molar-refractivity contribution in [3.63, 3.8) is 0 Å². The van der Waals surface area contributed by atoms with Crippen LogP contribution in [-0.2, 0) is 62.3 Å². The number of nitrogens with zero attached hydrogens (tertiary/aromatic N) is 9. The maximum Gasteiger partial charge on any atom is 0.397 e. The highest BCUT2D eigenvalue weighted by Gasteiger charge is 2.55. The fourth-order valence-electron chi connectivity index (χ4n) is 17.0. The predicted molar refractivity (Wildman–Crippen MR) is 377 cm³/mol. The lowest BCUT2D eigenvalue weighted by Gasteiger charge is -2.41. The molecular weight excluding hydrogens is 1420 g/mol. The molecule has 25 nitrogen and oxygen atoms in total. The number of morpholine rings is 1. The van der Waals surface area contributed by atoms with Gasteiger partial charge < -0.3 is 64.8 Å². The molecule has 7 rings (SSSR count). The molecule has 4 heterocycles. The van der Waals surface area contributed by atoms with Crippen LogP contribution in [0, 0.1) is 41.4 Å². The molecule has 0 aromatic heterocycles. The average molecular weight is 1530 g/mol. The van der Waals surface area contributed by atoms with Gasteiger partial charge in [0.1, 0.15) is 72.1 Å². The third-order valence-electron chi connectivity index (χ3n) is 23.7. The Morgan fingerprint density at radius 3 is 1.75 bits per heavy atom. The number of fused-ring (bicyclic) bond motifs is 3. The number of halogens is 8. The Morgan fingerprint density at radius 2 is 1.16 bits per heavy atom. The molecule has 3 aliphatic carbocycles. The number of likely N-dealkylation sites (N-methyl/N-ethyl adjacent to an activating group) is 6. The summed E-state index contributed by atoms with van der Waals surface area (Å²) in [5, 5.41) is 8.25. The lowest BCUT2D eigenvalue weighted by atomic mass is 9.76. The summed E-state index contributed by atoms with van der Waals surface area (Å²) in [6.07, 6.45) is -14.4. The number of rotatable bonds is 11. The topological polar surface area (TPSA) is 279 Å². The molecule has 2 bridgehead atoms.